The molecule has 2 N–H and O–H groups in total. The lowest BCUT2D eigenvalue weighted by Crippen LogP contribution is -2.40. The van der Waals surface area contributed by atoms with E-state index in [-0.39, 0.29) is 17.5 Å². The van der Waals surface area contributed by atoms with Crippen LogP contribution in [-0.4, -0.2) is 32.8 Å². The second-order valence-corrected chi connectivity index (χ2v) is 6.99. The van der Waals surface area contributed by atoms with Crippen LogP contribution in [0.5, 0.6) is 0 Å². The molecular weight excluding hydrogens is 334 g/mol. The van der Waals surface area contributed by atoms with E-state index >= 15 is 0 Å². The third kappa shape index (κ3) is 3.76. The van der Waals surface area contributed by atoms with Crippen LogP contribution in [0.2, 0.25) is 0 Å². The Balaban J connectivity index is 2.18. The fourth-order valence-electron chi connectivity index (χ4n) is 1.98. The molecule has 7 heteroatoms. The maximum absolute atomic E-state index is 12.3. The lowest BCUT2D eigenvalue weighted by Gasteiger charge is -2.23. The van der Waals surface area contributed by atoms with Gasteiger partial charge in [0.05, 0.1) is 18.1 Å². The molecule has 5 nitrogen and oxygen atoms in total. The number of ether oxygens (including phenoxy) is 1. The lowest BCUT2D eigenvalue weighted by atomic mass is 10.1. The summed E-state index contributed by atoms with van der Waals surface area (Å²) in [6, 6.07) is 4.51. The molecule has 0 bridgehead atoms. The molecule has 0 aliphatic carbocycles. The molecule has 1 atom stereocenters. The Kier molecular flexibility index (Phi) is 4.97. The highest BCUT2D eigenvalue weighted by atomic mass is 79.9. The largest absolute Gasteiger partial charge is 0.392 e. The van der Waals surface area contributed by atoms with Crippen LogP contribution in [-0.2, 0) is 21.4 Å². The Bertz CT molecular complexity index is 541. The molecule has 1 aromatic carbocycles. The predicted octanol–water partition coefficient (Wildman–Crippen LogP) is 1.40. The van der Waals surface area contributed by atoms with E-state index in [0.717, 1.165) is 12.8 Å². The third-order valence-corrected chi connectivity index (χ3v) is 5.45. The molecule has 0 aromatic heterocycles. The summed E-state index contributed by atoms with van der Waals surface area (Å²) in [5.41, 5.74) is 0.659. The summed E-state index contributed by atoms with van der Waals surface area (Å²) in [4.78, 5) is 0.176. The van der Waals surface area contributed by atoms with Crippen LogP contribution >= 0.6 is 15.9 Å². The van der Waals surface area contributed by atoms with Crippen molar-refractivity contribution >= 4 is 26.0 Å². The van der Waals surface area contributed by atoms with Crippen molar-refractivity contribution in [3.8, 4) is 0 Å². The van der Waals surface area contributed by atoms with Crippen molar-refractivity contribution in [1.82, 2.24) is 4.72 Å². The smallest absolute Gasteiger partial charge is 0.242 e. The maximum atomic E-state index is 12.3. The van der Waals surface area contributed by atoms with Gasteiger partial charge in [0.1, 0.15) is 0 Å². The molecule has 1 fully saturated rings. The summed E-state index contributed by atoms with van der Waals surface area (Å²) in [7, 11) is -3.57. The normalized spacial score (nSPS) is 20.4. The van der Waals surface area contributed by atoms with E-state index in [2.05, 4.69) is 20.7 Å². The zero-order chi connectivity index (χ0) is 13.9. The van der Waals surface area contributed by atoms with E-state index in [1.165, 1.54) is 6.07 Å². The van der Waals surface area contributed by atoms with Gasteiger partial charge in [-0.3, -0.25) is 0 Å². The molecule has 19 heavy (non-hydrogen) atoms. The van der Waals surface area contributed by atoms with Gasteiger partial charge in [-0.15, -0.1) is 0 Å². The fraction of sp³-hybridized carbons (Fsp3) is 0.500. The van der Waals surface area contributed by atoms with E-state index < -0.39 is 10.0 Å². The number of halogens is 1. The average Bonchev–Trinajstić information content (AvgIpc) is 2.38. The molecule has 1 unspecified atom stereocenters. The van der Waals surface area contributed by atoms with Gasteiger partial charge in [-0.05, 0) is 46.5 Å². The molecule has 1 aromatic rings. The van der Waals surface area contributed by atoms with Gasteiger partial charge >= 0.3 is 0 Å². The molecule has 0 spiro atoms. The third-order valence-electron chi connectivity index (χ3n) is 2.95. The van der Waals surface area contributed by atoms with Crippen LogP contribution < -0.4 is 4.72 Å². The van der Waals surface area contributed by atoms with Crippen molar-refractivity contribution in [3.05, 3.63) is 28.2 Å². The SMILES string of the molecule is O=S(=O)(NC1CCCOC1)c1ccc(CO)cc1Br. The number of benzene rings is 1. The highest BCUT2D eigenvalue weighted by molar-refractivity contribution is 9.10. The molecule has 1 saturated heterocycles. The molecule has 0 saturated carbocycles. The summed E-state index contributed by atoms with van der Waals surface area (Å²) in [5.74, 6) is 0. The Morgan fingerprint density at radius 1 is 1.47 bits per heavy atom. The molecular formula is C12H16BrNO4S. The van der Waals surface area contributed by atoms with Gasteiger partial charge in [-0.25, -0.2) is 13.1 Å². The van der Waals surface area contributed by atoms with Gasteiger partial charge in [0, 0.05) is 17.1 Å². The van der Waals surface area contributed by atoms with E-state index in [1.54, 1.807) is 12.1 Å². The molecule has 1 heterocycles. The number of hydrogen-bond acceptors (Lipinski definition) is 4. The summed E-state index contributed by atoms with van der Waals surface area (Å²) in [6.07, 6.45) is 1.64. The Hall–Kier alpha value is -0.470. The van der Waals surface area contributed by atoms with Crippen LogP contribution in [0.4, 0.5) is 0 Å². The van der Waals surface area contributed by atoms with E-state index in [4.69, 9.17) is 9.84 Å². The minimum Gasteiger partial charge on any atom is -0.392 e. The average molecular weight is 350 g/mol. The van der Waals surface area contributed by atoms with Gasteiger partial charge in [-0.1, -0.05) is 6.07 Å². The van der Waals surface area contributed by atoms with Crippen LogP contribution in [0.25, 0.3) is 0 Å². The molecule has 1 aliphatic heterocycles. The Morgan fingerprint density at radius 3 is 2.84 bits per heavy atom. The van der Waals surface area contributed by atoms with Crippen molar-refractivity contribution in [3.63, 3.8) is 0 Å². The predicted molar refractivity (Wildman–Crippen MR) is 74.2 cm³/mol. The van der Waals surface area contributed by atoms with Crippen LogP contribution in [0.15, 0.2) is 27.6 Å². The van der Waals surface area contributed by atoms with Crippen molar-refractivity contribution in [2.24, 2.45) is 0 Å². The molecule has 0 amide bonds. The number of sulfonamides is 1. The first-order chi connectivity index (χ1) is 9.03. The Morgan fingerprint density at radius 2 is 2.26 bits per heavy atom. The second-order valence-electron chi connectivity index (χ2n) is 4.46. The van der Waals surface area contributed by atoms with Crippen LogP contribution in [0.1, 0.15) is 18.4 Å². The van der Waals surface area contributed by atoms with Gasteiger partial charge in [0.2, 0.25) is 10.0 Å². The van der Waals surface area contributed by atoms with Crippen molar-refractivity contribution < 1.29 is 18.3 Å². The summed E-state index contributed by atoms with van der Waals surface area (Å²) in [5, 5.41) is 9.01. The van der Waals surface area contributed by atoms with E-state index in [0.29, 0.717) is 23.2 Å². The quantitative estimate of drug-likeness (QED) is 0.861. The molecule has 2 rings (SSSR count). The molecule has 106 valence electrons. The lowest BCUT2D eigenvalue weighted by molar-refractivity contribution is 0.0774. The maximum Gasteiger partial charge on any atom is 0.242 e. The summed E-state index contributed by atoms with van der Waals surface area (Å²) < 4.78 is 32.9. The highest BCUT2D eigenvalue weighted by Crippen LogP contribution is 2.24. The second kappa shape index (κ2) is 6.32. The van der Waals surface area contributed by atoms with E-state index in [9.17, 15) is 8.42 Å². The summed E-state index contributed by atoms with van der Waals surface area (Å²) in [6.45, 7) is 0.974. The fourth-order valence-corrected chi connectivity index (χ4v) is 4.36. The van der Waals surface area contributed by atoms with Crippen molar-refractivity contribution in [2.75, 3.05) is 13.2 Å². The summed E-state index contributed by atoms with van der Waals surface area (Å²) >= 11 is 3.23. The first kappa shape index (κ1) is 14.9. The topological polar surface area (TPSA) is 75.6 Å². The van der Waals surface area contributed by atoms with Crippen molar-refractivity contribution in [1.29, 1.82) is 0 Å². The number of hydrogen-bond donors (Lipinski definition) is 2. The van der Waals surface area contributed by atoms with Gasteiger partial charge in [0.25, 0.3) is 0 Å². The number of aliphatic hydroxyl groups excluding tert-OH is 1. The zero-order valence-corrected chi connectivity index (χ0v) is 12.7. The number of rotatable bonds is 4. The highest BCUT2D eigenvalue weighted by Gasteiger charge is 2.24. The van der Waals surface area contributed by atoms with Gasteiger partial charge < -0.3 is 9.84 Å². The van der Waals surface area contributed by atoms with Crippen LogP contribution in [0.3, 0.4) is 0 Å². The zero-order valence-electron chi connectivity index (χ0n) is 10.3. The minimum absolute atomic E-state index is 0.122. The minimum atomic E-state index is -3.57. The number of nitrogens with one attached hydrogen (secondary N) is 1. The van der Waals surface area contributed by atoms with Gasteiger partial charge in [0.15, 0.2) is 0 Å². The van der Waals surface area contributed by atoms with Crippen molar-refractivity contribution in [2.45, 2.75) is 30.4 Å². The van der Waals surface area contributed by atoms with E-state index in [1.807, 2.05) is 0 Å². The molecule has 0 radical (unpaired) electrons. The molecule has 1 aliphatic rings. The van der Waals surface area contributed by atoms with Gasteiger partial charge in [-0.2, -0.15) is 0 Å². The Labute approximate surface area is 121 Å². The monoisotopic (exact) mass is 349 g/mol. The first-order valence-electron chi connectivity index (χ1n) is 6.02. The standard InChI is InChI=1S/C12H16BrNO4S/c13-11-6-9(7-15)3-4-12(11)19(16,17)14-10-2-1-5-18-8-10/h3-4,6,10,14-15H,1-2,5,7-8H2. The van der Waals surface area contributed by atoms with Crippen LogP contribution in [0, 0.1) is 0 Å². The number of aliphatic hydroxyl groups is 1. The first-order valence-corrected chi connectivity index (χ1v) is 8.30.